The van der Waals surface area contributed by atoms with E-state index in [2.05, 4.69) is 37.6 Å². The zero-order valence-corrected chi connectivity index (χ0v) is 19.5. The van der Waals surface area contributed by atoms with E-state index in [0.717, 1.165) is 37.4 Å². The van der Waals surface area contributed by atoms with Gasteiger partial charge in [-0.25, -0.2) is 9.97 Å². The van der Waals surface area contributed by atoms with Gasteiger partial charge in [0.1, 0.15) is 0 Å². The molecule has 0 radical (unpaired) electrons. The van der Waals surface area contributed by atoms with Gasteiger partial charge in [0.2, 0.25) is 5.95 Å². The van der Waals surface area contributed by atoms with Gasteiger partial charge in [0, 0.05) is 49.9 Å². The summed E-state index contributed by atoms with van der Waals surface area (Å²) in [4.78, 5) is 24.5. The van der Waals surface area contributed by atoms with Gasteiger partial charge in [0.25, 0.3) is 5.56 Å². The van der Waals surface area contributed by atoms with Gasteiger partial charge >= 0.3 is 0 Å². The minimum atomic E-state index is -0.280. The van der Waals surface area contributed by atoms with Gasteiger partial charge in [-0.3, -0.25) is 9.36 Å². The first-order valence-electron chi connectivity index (χ1n) is 10.7. The molecule has 1 saturated heterocycles. The number of hydrogen-bond acceptors (Lipinski definition) is 6. The SMILES string of the molecule is Cc1cn(-c2c(Cl)cccc2Cl)c(=O)c2cnc(Nc3ccc(N4CCNCC4)cc3)nc12. The van der Waals surface area contributed by atoms with E-state index in [1.54, 1.807) is 24.4 Å². The summed E-state index contributed by atoms with van der Waals surface area (Å²) in [6.45, 7) is 5.87. The fourth-order valence-electron chi connectivity index (χ4n) is 4.04. The highest BCUT2D eigenvalue weighted by atomic mass is 35.5. The first-order valence-corrected chi connectivity index (χ1v) is 11.4. The van der Waals surface area contributed by atoms with Crippen molar-refractivity contribution in [3.8, 4) is 5.69 Å². The molecule has 2 N–H and O–H groups in total. The third-order valence-corrected chi connectivity index (χ3v) is 6.33. The Labute approximate surface area is 201 Å². The van der Waals surface area contributed by atoms with Gasteiger partial charge in [0.05, 0.1) is 26.6 Å². The molecule has 1 aliphatic heterocycles. The molecule has 7 nitrogen and oxygen atoms in total. The van der Waals surface area contributed by atoms with Crippen molar-refractivity contribution in [3.05, 3.63) is 80.8 Å². The van der Waals surface area contributed by atoms with Crippen LogP contribution in [-0.2, 0) is 0 Å². The van der Waals surface area contributed by atoms with Crippen molar-refractivity contribution in [2.24, 2.45) is 0 Å². The van der Waals surface area contributed by atoms with Crippen LogP contribution in [0, 0.1) is 6.92 Å². The molecule has 0 spiro atoms. The highest BCUT2D eigenvalue weighted by molar-refractivity contribution is 6.37. The van der Waals surface area contributed by atoms with Crippen LogP contribution in [0.1, 0.15) is 5.56 Å². The second-order valence-corrected chi connectivity index (χ2v) is 8.74. The predicted octanol–water partition coefficient (Wildman–Crippen LogP) is 4.55. The van der Waals surface area contributed by atoms with Gasteiger partial charge in [-0.1, -0.05) is 29.3 Å². The second-order valence-electron chi connectivity index (χ2n) is 7.92. The predicted molar refractivity (Wildman–Crippen MR) is 135 cm³/mol. The normalized spacial score (nSPS) is 14.0. The molecule has 0 unspecified atom stereocenters. The molecular weight excluding hydrogens is 459 g/mol. The Morgan fingerprint density at radius 2 is 1.73 bits per heavy atom. The molecule has 0 atom stereocenters. The average Bonchev–Trinajstić information content (AvgIpc) is 2.83. The minimum Gasteiger partial charge on any atom is -0.369 e. The summed E-state index contributed by atoms with van der Waals surface area (Å²) in [7, 11) is 0. The van der Waals surface area contributed by atoms with Crippen molar-refractivity contribution < 1.29 is 0 Å². The molecule has 9 heteroatoms. The van der Waals surface area contributed by atoms with Crippen LogP contribution in [-0.4, -0.2) is 40.7 Å². The van der Waals surface area contributed by atoms with Crippen LogP contribution in [0.4, 0.5) is 17.3 Å². The topological polar surface area (TPSA) is 75.1 Å². The number of nitrogens with one attached hydrogen (secondary N) is 2. The van der Waals surface area contributed by atoms with E-state index in [1.165, 1.54) is 16.5 Å². The molecule has 168 valence electrons. The van der Waals surface area contributed by atoms with E-state index in [-0.39, 0.29) is 5.56 Å². The Kier molecular flexibility index (Phi) is 5.93. The van der Waals surface area contributed by atoms with Crippen LogP contribution in [0.3, 0.4) is 0 Å². The van der Waals surface area contributed by atoms with Crippen molar-refractivity contribution in [3.63, 3.8) is 0 Å². The van der Waals surface area contributed by atoms with Crippen LogP contribution < -0.4 is 21.1 Å². The number of aromatic nitrogens is 3. The molecule has 2 aromatic carbocycles. The highest BCUT2D eigenvalue weighted by Gasteiger charge is 2.15. The van der Waals surface area contributed by atoms with Crippen molar-refractivity contribution in [1.29, 1.82) is 0 Å². The smallest absolute Gasteiger partial charge is 0.266 e. The van der Waals surface area contributed by atoms with Gasteiger partial charge in [-0.2, -0.15) is 0 Å². The Balaban J connectivity index is 1.45. The Morgan fingerprint density at radius 1 is 1.03 bits per heavy atom. The van der Waals surface area contributed by atoms with Crippen molar-refractivity contribution in [2.75, 3.05) is 36.4 Å². The molecule has 1 fully saturated rings. The fraction of sp³-hybridized carbons (Fsp3) is 0.208. The Morgan fingerprint density at radius 3 is 2.42 bits per heavy atom. The molecule has 33 heavy (non-hydrogen) atoms. The largest absolute Gasteiger partial charge is 0.369 e. The zero-order valence-electron chi connectivity index (χ0n) is 18.0. The number of aryl methyl sites for hydroxylation is 1. The number of pyridine rings is 1. The molecule has 0 bridgehead atoms. The lowest BCUT2D eigenvalue weighted by atomic mass is 10.2. The third-order valence-electron chi connectivity index (χ3n) is 5.72. The maximum Gasteiger partial charge on any atom is 0.266 e. The van der Waals surface area contributed by atoms with Gasteiger partial charge in [-0.05, 0) is 48.9 Å². The van der Waals surface area contributed by atoms with E-state index in [0.29, 0.717) is 32.6 Å². The van der Waals surface area contributed by atoms with Crippen LogP contribution in [0.2, 0.25) is 10.0 Å². The monoisotopic (exact) mass is 480 g/mol. The summed E-state index contributed by atoms with van der Waals surface area (Å²) >= 11 is 12.6. The van der Waals surface area contributed by atoms with Crippen LogP contribution in [0.5, 0.6) is 0 Å². The Bertz CT molecular complexity index is 1360. The second kappa shape index (κ2) is 9.02. The molecule has 4 aromatic rings. The maximum absolute atomic E-state index is 13.2. The van der Waals surface area contributed by atoms with Crippen molar-refractivity contribution in [2.45, 2.75) is 6.92 Å². The summed E-state index contributed by atoms with van der Waals surface area (Å²) in [5, 5.41) is 7.78. The van der Waals surface area contributed by atoms with Gasteiger partial charge < -0.3 is 15.5 Å². The Hall–Kier alpha value is -3.13. The number of benzene rings is 2. The number of piperazine rings is 1. The molecule has 3 heterocycles. The molecule has 0 amide bonds. The summed E-state index contributed by atoms with van der Waals surface area (Å²) in [6.07, 6.45) is 3.24. The lowest BCUT2D eigenvalue weighted by Crippen LogP contribution is -2.43. The maximum atomic E-state index is 13.2. The van der Waals surface area contributed by atoms with Crippen LogP contribution >= 0.6 is 23.2 Å². The molecule has 2 aromatic heterocycles. The lowest BCUT2D eigenvalue weighted by Gasteiger charge is -2.29. The summed E-state index contributed by atoms with van der Waals surface area (Å²) in [6, 6.07) is 13.3. The molecule has 0 saturated carbocycles. The fourth-order valence-corrected chi connectivity index (χ4v) is 4.61. The van der Waals surface area contributed by atoms with E-state index in [4.69, 9.17) is 23.2 Å². The zero-order chi connectivity index (χ0) is 22.9. The molecule has 5 rings (SSSR count). The lowest BCUT2D eigenvalue weighted by molar-refractivity contribution is 0.589. The minimum absolute atomic E-state index is 0.280. The van der Waals surface area contributed by atoms with Crippen LogP contribution in [0.15, 0.2) is 59.7 Å². The van der Waals surface area contributed by atoms with E-state index < -0.39 is 0 Å². The van der Waals surface area contributed by atoms with Gasteiger partial charge in [0.15, 0.2) is 0 Å². The number of para-hydroxylation sites is 1. The first-order chi connectivity index (χ1) is 16.0. The summed E-state index contributed by atoms with van der Waals surface area (Å²) < 4.78 is 1.45. The van der Waals surface area contributed by atoms with E-state index >= 15 is 0 Å². The number of fused-ring (bicyclic) bond motifs is 1. The summed E-state index contributed by atoms with van der Waals surface area (Å²) in [5.41, 5.74) is 3.62. The number of nitrogens with zero attached hydrogens (tertiary/aromatic N) is 4. The highest BCUT2D eigenvalue weighted by Crippen LogP contribution is 2.28. The van der Waals surface area contributed by atoms with Crippen molar-refractivity contribution >= 4 is 51.4 Å². The summed E-state index contributed by atoms with van der Waals surface area (Å²) in [5.74, 6) is 0.424. The molecule has 0 aliphatic carbocycles. The third kappa shape index (κ3) is 4.27. The average molecular weight is 481 g/mol. The standard InChI is InChI=1S/C24H22Cl2N6O/c1-15-14-32(22-19(25)3-2-4-20(22)26)23(33)18-13-28-24(30-21(15)18)29-16-5-7-17(8-6-16)31-11-9-27-10-12-31/h2-8,13-14,27H,9-12H2,1H3,(H,28,29,30). The number of hydrogen-bond donors (Lipinski definition) is 2. The number of anilines is 3. The number of rotatable bonds is 4. The molecular formula is C24H22Cl2N6O. The van der Waals surface area contributed by atoms with Crippen LogP contribution in [0.25, 0.3) is 16.6 Å². The molecule has 1 aliphatic rings. The number of halogens is 2. The van der Waals surface area contributed by atoms with E-state index in [9.17, 15) is 4.79 Å². The van der Waals surface area contributed by atoms with Crippen molar-refractivity contribution in [1.82, 2.24) is 19.9 Å². The van der Waals surface area contributed by atoms with E-state index in [1.807, 2.05) is 19.1 Å². The first kappa shape index (κ1) is 21.7. The van der Waals surface area contributed by atoms with Gasteiger partial charge in [-0.15, -0.1) is 0 Å². The quantitative estimate of drug-likeness (QED) is 0.446.